The van der Waals surface area contributed by atoms with Gasteiger partial charge in [0.15, 0.2) is 0 Å². The van der Waals surface area contributed by atoms with Gasteiger partial charge in [-0.05, 0) is 54.4 Å². The van der Waals surface area contributed by atoms with Crippen molar-refractivity contribution in [2.75, 3.05) is 10.2 Å². The van der Waals surface area contributed by atoms with E-state index in [0.717, 1.165) is 40.8 Å². The number of nitrogens with zero attached hydrogens (tertiary/aromatic N) is 2. The maximum atomic E-state index is 13.9. The highest BCUT2D eigenvalue weighted by atomic mass is 32.2. The number of thioether (sulfide) groups is 1. The fourth-order valence-corrected chi connectivity index (χ4v) is 8.27. The second-order valence-corrected chi connectivity index (χ2v) is 12.3. The fourth-order valence-electron chi connectivity index (χ4n) is 5.50. The number of halogens is 4. The molecule has 4 aromatic rings. The van der Waals surface area contributed by atoms with Crippen LogP contribution in [-0.4, -0.2) is 27.5 Å². The van der Waals surface area contributed by atoms with Crippen LogP contribution in [0.15, 0.2) is 82.6 Å². The molecule has 3 aromatic carbocycles. The molecular formula is C30H21F4N3O4S2. The zero-order valence-electron chi connectivity index (χ0n) is 22.2. The van der Waals surface area contributed by atoms with E-state index >= 15 is 0 Å². The Morgan fingerprint density at radius 2 is 1.67 bits per heavy atom. The van der Waals surface area contributed by atoms with E-state index in [9.17, 15) is 36.7 Å². The maximum Gasteiger partial charge on any atom is 0.418 e. The molecule has 3 amide bonds. The van der Waals surface area contributed by atoms with Crippen LogP contribution < -0.4 is 15.1 Å². The van der Waals surface area contributed by atoms with E-state index < -0.39 is 69.5 Å². The van der Waals surface area contributed by atoms with Crippen molar-refractivity contribution in [2.24, 2.45) is 5.92 Å². The van der Waals surface area contributed by atoms with E-state index in [1.54, 1.807) is 18.2 Å². The molecule has 0 bridgehead atoms. The maximum absolute atomic E-state index is 13.9. The van der Waals surface area contributed by atoms with Crippen molar-refractivity contribution < 1.29 is 31.9 Å². The summed E-state index contributed by atoms with van der Waals surface area (Å²) in [6, 6.07) is 16.6. The second kappa shape index (κ2) is 10.8. The number of para-hydroxylation sites is 1. The lowest BCUT2D eigenvalue weighted by atomic mass is 9.83. The molecule has 3 atom stereocenters. The van der Waals surface area contributed by atoms with Crippen LogP contribution in [0.3, 0.4) is 0 Å². The number of thiazole rings is 1. The lowest BCUT2D eigenvalue weighted by Gasteiger charge is -2.30. The number of carbonyl (C=O) groups excluding carboxylic acids is 3. The lowest BCUT2D eigenvalue weighted by molar-refractivity contribution is -0.137. The number of amides is 3. The average Bonchev–Trinajstić information content (AvgIpc) is 3.39. The third kappa shape index (κ3) is 5.16. The topological polar surface area (TPSA) is 88.5 Å². The Morgan fingerprint density at radius 3 is 2.37 bits per heavy atom. The molecule has 7 nitrogen and oxygen atoms in total. The van der Waals surface area contributed by atoms with E-state index in [0.29, 0.717) is 21.0 Å². The molecule has 13 heteroatoms. The molecule has 6 rings (SSSR count). The molecule has 43 heavy (non-hydrogen) atoms. The summed E-state index contributed by atoms with van der Waals surface area (Å²) in [7, 11) is 0. The van der Waals surface area contributed by atoms with E-state index in [1.807, 2.05) is 13.0 Å². The predicted molar refractivity (Wildman–Crippen MR) is 154 cm³/mol. The lowest BCUT2D eigenvalue weighted by Crippen LogP contribution is -2.33. The van der Waals surface area contributed by atoms with Crippen molar-refractivity contribution in [1.29, 1.82) is 0 Å². The number of anilines is 2. The van der Waals surface area contributed by atoms with Gasteiger partial charge in [0.25, 0.3) is 0 Å². The van der Waals surface area contributed by atoms with Gasteiger partial charge in [-0.2, -0.15) is 13.2 Å². The largest absolute Gasteiger partial charge is 0.418 e. The normalized spacial score (nSPS) is 19.7. The monoisotopic (exact) mass is 627 g/mol. The highest BCUT2D eigenvalue weighted by Crippen LogP contribution is 2.54. The first-order valence-electron chi connectivity index (χ1n) is 13.0. The Hall–Kier alpha value is -4.23. The Balaban J connectivity index is 1.43. The van der Waals surface area contributed by atoms with E-state index in [1.165, 1.54) is 41.0 Å². The summed E-state index contributed by atoms with van der Waals surface area (Å²) in [6.07, 6.45) is -4.84. The third-order valence-corrected chi connectivity index (χ3v) is 9.94. The van der Waals surface area contributed by atoms with Crippen LogP contribution in [0.5, 0.6) is 0 Å². The van der Waals surface area contributed by atoms with Crippen molar-refractivity contribution in [3.63, 3.8) is 0 Å². The quantitative estimate of drug-likeness (QED) is 0.223. The van der Waals surface area contributed by atoms with Gasteiger partial charge in [0.05, 0.1) is 22.2 Å². The molecule has 1 aromatic heterocycles. The standard InChI is InChI=1S/C30H21F4N3O4S2/c1-15-5-4-6-18(13-15)35-21(38)14-36-28-25(43-29(36)41)22(16-9-11-17(31)12-10-16)23-24(42-28)27(40)37(26(23)39)20-8-3-2-7-19(20)30(32,33)34/h2-13,22-24H,14H2,1H3,(H,35,38)/t22-,23-,24+/m0/s1. The van der Waals surface area contributed by atoms with Crippen molar-refractivity contribution in [1.82, 2.24) is 4.57 Å². The highest BCUT2D eigenvalue weighted by molar-refractivity contribution is 8.00. The Morgan fingerprint density at radius 1 is 0.953 bits per heavy atom. The van der Waals surface area contributed by atoms with Crippen LogP contribution in [0.25, 0.3) is 0 Å². The van der Waals surface area contributed by atoms with Gasteiger partial charge in [-0.25, -0.2) is 9.29 Å². The van der Waals surface area contributed by atoms with Crippen LogP contribution in [0, 0.1) is 18.7 Å². The van der Waals surface area contributed by atoms with Crippen molar-refractivity contribution in [3.05, 3.63) is 110 Å². The summed E-state index contributed by atoms with van der Waals surface area (Å²) in [4.78, 5) is 54.3. The van der Waals surface area contributed by atoms with Crippen LogP contribution in [0.1, 0.15) is 27.5 Å². The summed E-state index contributed by atoms with van der Waals surface area (Å²) >= 11 is 1.66. The first-order valence-corrected chi connectivity index (χ1v) is 14.7. The predicted octanol–water partition coefficient (Wildman–Crippen LogP) is 5.81. The fraction of sp³-hybridized carbons (Fsp3) is 0.200. The number of hydrogen-bond acceptors (Lipinski definition) is 6. The van der Waals surface area contributed by atoms with E-state index in [2.05, 4.69) is 5.32 Å². The second-order valence-electron chi connectivity index (χ2n) is 10.2. The number of alkyl halides is 3. The highest BCUT2D eigenvalue weighted by Gasteiger charge is 2.57. The minimum Gasteiger partial charge on any atom is -0.325 e. The molecule has 3 heterocycles. The molecule has 1 saturated heterocycles. The molecule has 0 spiro atoms. The minimum absolute atomic E-state index is 0.261. The van der Waals surface area contributed by atoms with Gasteiger partial charge in [0, 0.05) is 16.5 Å². The zero-order valence-corrected chi connectivity index (χ0v) is 23.9. The molecule has 0 unspecified atom stereocenters. The number of benzene rings is 3. The number of imide groups is 1. The number of carbonyl (C=O) groups is 3. The smallest absolute Gasteiger partial charge is 0.325 e. The van der Waals surface area contributed by atoms with Gasteiger partial charge in [-0.3, -0.25) is 23.7 Å². The van der Waals surface area contributed by atoms with Crippen LogP contribution in [0.2, 0.25) is 0 Å². The number of nitrogens with one attached hydrogen (secondary N) is 1. The average molecular weight is 628 g/mol. The van der Waals surface area contributed by atoms with E-state index in [-0.39, 0.29) is 5.03 Å². The van der Waals surface area contributed by atoms with Crippen molar-refractivity contribution in [2.45, 2.75) is 35.8 Å². The van der Waals surface area contributed by atoms with Gasteiger partial charge >= 0.3 is 11.0 Å². The van der Waals surface area contributed by atoms with E-state index in [4.69, 9.17) is 0 Å². The first kappa shape index (κ1) is 28.9. The van der Waals surface area contributed by atoms with Crippen molar-refractivity contribution >= 4 is 52.2 Å². The van der Waals surface area contributed by atoms with Gasteiger partial charge < -0.3 is 5.32 Å². The van der Waals surface area contributed by atoms with Gasteiger partial charge in [0.2, 0.25) is 17.7 Å². The molecular weight excluding hydrogens is 606 g/mol. The van der Waals surface area contributed by atoms with Crippen LogP contribution in [0.4, 0.5) is 28.9 Å². The van der Waals surface area contributed by atoms with Gasteiger partial charge in [-0.1, -0.05) is 59.5 Å². The summed E-state index contributed by atoms with van der Waals surface area (Å²) in [5.41, 5.74) is 0.110. The van der Waals surface area contributed by atoms with Gasteiger partial charge in [0.1, 0.15) is 17.6 Å². The Bertz CT molecular complexity index is 1830. The zero-order chi connectivity index (χ0) is 30.6. The Kier molecular flexibility index (Phi) is 7.25. The Labute approximate surface area is 250 Å². The van der Waals surface area contributed by atoms with Crippen molar-refractivity contribution in [3.8, 4) is 0 Å². The molecule has 1 N–H and O–H groups in total. The molecule has 2 aliphatic rings. The summed E-state index contributed by atoms with van der Waals surface area (Å²) in [5.74, 6) is -4.92. The summed E-state index contributed by atoms with van der Waals surface area (Å²) in [5, 5.41) is 1.80. The molecule has 0 aliphatic carbocycles. The molecule has 1 fully saturated rings. The number of aryl methyl sites for hydroxylation is 1. The summed E-state index contributed by atoms with van der Waals surface area (Å²) in [6.45, 7) is 1.45. The molecule has 220 valence electrons. The van der Waals surface area contributed by atoms with Crippen LogP contribution in [-0.2, 0) is 27.1 Å². The van der Waals surface area contributed by atoms with Gasteiger partial charge in [-0.15, -0.1) is 0 Å². The number of rotatable bonds is 5. The van der Waals surface area contributed by atoms with Crippen LogP contribution >= 0.6 is 23.1 Å². The molecule has 0 radical (unpaired) electrons. The molecule has 0 saturated carbocycles. The number of fused-ring (bicyclic) bond motifs is 2. The number of aromatic nitrogens is 1. The SMILES string of the molecule is Cc1cccc(NC(=O)Cn2c3c(sc2=O)[C@@H](c2ccc(F)cc2)[C@@H]2C(=O)N(c4ccccc4C(F)(F)F)C(=O)[C@@H]2S3)c1. The number of hydrogen-bond donors (Lipinski definition) is 1. The molecule has 2 aliphatic heterocycles. The minimum atomic E-state index is -4.84. The first-order chi connectivity index (χ1) is 20.4. The summed E-state index contributed by atoms with van der Waals surface area (Å²) < 4.78 is 56.8. The third-order valence-electron chi connectivity index (χ3n) is 7.33.